The standard InChI is InChI=1S/C22H28FN5O3.H2S/c1-22(2)17-11-24-20(25-16-6-8-31-9-7-16)26-18(17)12-28(22)21(30)27-19(13-29)14-4-3-5-15(23)10-14;/h3-5,10-11,16,19,29H,6-9,12-13H2,1-2H3,(H,27,30)(H,24,25,26);1H2/t19-;/m1./s1. The normalized spacial score (nSPS) is 18.4. The molecule has 1 saturated heterocycles. The molecule has 1 aromatic carbocycles. The maximum absolute atomic E-state index is 13.6. The Morgan fingerprint density at radius 2 is 2.12 bits per heavy atom. The van der Waals surface area contributed by atoms with Gasteiger partial charge in [-0.25, -0.2) is 19.2 Å². The first-order valence-electron chi connectivity index (χ1n) is 10.5. The molecule has 0 aliphatic carbocycles. The van der Waals surface area contributed by atoms with Gasteiger partial charge in [0.2, 0.25) is 5.95 Å². The third-order valence-electron chi connectivity index (χ3n) is 6.04. The highest BCUT2D eigenvalue weighted by molar-refractivity contribution is 7.59. The van der Waals surface area contributed by atoms with Crippen LogP contribution >= 0.6 is 13.5 Å². The Balaban J connectivity index is 0.00000289. The Bertz CT molecular complexity index is 955. The number of rotatable bonds is 5. The number of hydrogen-bond acceptors (Lipinski definition) is 6. The van der Waals surface area contributed by atoms with E-state index in [0.29, 0.717) is 18.1 Å². The van der Waals surface area contributed by atoms with Gasteiger partial charge >= 0.3 is 6.03 Å². The molecule has 4 rings (SSSR count). The molecule has 32 heavy (non-hydrogen) atoms. The van der Waals surface area contributed by atoms with E-state index in [1.54, 1.807) is 23.2 Å². The Kier molecular flexibility index (Phi) is 7.58. The van der Waals surface area contributed by atoms with Gasteiger partial charge in [0.15, 0.2) is 0 Å². The number of nitrogens with one attached hydrogen (secondary N) is 2. The molecule has 1 aromatic heterocycles. The molecule has 3 heterocycles. The largest absolute Gasteiger partial charge is 0.394 e. The summed E-state index contributed by atoms with van der Waals surface area (Å²) < 4.78 is 19.0. The molecule has 2 aliphatic heterocycles. The third-order valence-corrected chi connectivity index (χ3v) is 6.04. The monoisotopic (exact) mass is 463 g/mol. The number of aliphatic hydroxyl groups excluding tert-OH is 1. The lowest BCUT2D eigenvalue weighted by Gasteiger charge is -2.33. The fraction of sp³-hybridized carbons (Fsp3) is 0.500. The summed E-state index contributed by atoms with van der Waals surface area (Å²) in [5.74, 6) is 0.135. The number of urea groups is 1. The second kappa shape index (κ2) is 10.0. The lowest BCUT2D eigenvalue weighted by molar-refractivity contribution is 0.0903. The van der Waals surface area contributed by atoms with Crippen LogP contribution in [0.5, 0.6) is 0 Å². The van der Waals surface area contributed by atoms with Crippen LogP contribution in [0.3, 0.4) is 0 Å². The van der Waals surface area contributed by atoms with Crippen molar-refractivity contribution in [2.45, 2.75) is 50.9 Å². The summed E-state index contributed by atoms with van der Waals surface area (Å²) in [7, 11) is 0. The summed E-state index contributed by atoms with van der Waals surface area (Å²) in [5, 5.41) is 15.9. The molecule has 0 radical (unpaired) electrons. The van der Waals surface area contributed by atoms with Crippen LogP contribution in [0.15, 0.2) is 30.5 Å². The van der Waals surface area contributed by atoms with Gasteiger partial charge in [0.05, 0.1) is 30.4 Å². The van der Waals surface area contributed by atoms with Gasteiger partial charge in [-0.2, -0.15) is 13.5 Å². The van der Waals surface area contributed by atoms with Crippen LogP contribution in [-0.4, -0.2) is 51.9 Å². The molecule has 0 spiro atoms. The van der Waals surface area contributed by atoms with Crippen LogP contribution in [0.4, 0.5) is 15.1 Å². The number of ether oxygens (including phenoxy) is 1. The first-order valence-corrected chi connectivity index (χ1v) is 10.5. The number of carbonyl (C=O) groups is 1. The number of anilines is 1. The fourth-order valence-electron chi connectivity index (χ4n) is 4.15. The van der Waals surface area contributed by atoms with Crippen LogP contribution in [0.25, 0.3) is 0 Å². The molecule has 0 saturated carbocycles. The number of aromatic nitrogens is 2. The van der Waals surface area contributed by atoms with Crippen LogP contribution in [0, 0.1) is 5.82 Å². The lowest BCUT2D eigenvalue weighted by atomic mass is 9.97. The SMILES string of the molecule is CC1(C)c2cnc(NC3CCOCC3)nc2CN1C(=O)N[C@H](CO)c1cccc(F)c1.S. The number of halogens is 1. The van der Waals surface area contributed by atoms with Crippen molar-refractivity contribution in [1.29, 1.82) is 0 Å². The number of aliphatic hydroxyl groups is 1. The van der Waals surface area contributed by atoms with Crippen molar-refractivity contribution in [2.24, 2.45) is 0 Å². The van der Waals surface area contributed by atoms with Crippen molar-refractivity contribution in [3.8, 4) is 0 Å². The van der Waals surface area contributed by atoms with Crippen LogP contribution < -0.4 is 10.6 Å². The third kappa shape index (κ3) is 4.97. The lowest BCUT2D eigenvalue weighted by Crippen LogP contribution is -2.47. The van der Waals surface area contributed by atoms with Gasteiger partial charge in [0, 0.05) is 31.0 Å². The van der Waals surface area contributed by atoms with E-state index in [1.165, 1.54) is 12.1 Å². The molecule has 0 bridgehead atoms. The summed E-state index contributed by atoms with van der Waals surface area (Å²) in [6.07, 6.45) is 3.58. The van der Waals surface area contributed by atoms with E-state index in [-0.39, 0.29) is 32.2 Å². The van der Waals surface area contributed by atoms with E-state index in [0.717, 1.165) is 37.3 Å². The molecular weight excluding hydrogens is 433 g/mol. The van der Waals surface area contributed by atoms with Gasteiger partial charge in [-0.3, -0.25) is 0 Å². The Labute approximate surface area is 194 Å². The van der Waals surface area contributed by atoms with E-state index >= 15 is 0 Å². The molecule has 8 nitrogen and oxygen atoms in total. The van der Waals surface area contributed by atoms with Crippen LogP contribution in [0.2, 0.25) is 0 Å². The first kappa shape index (κ1) is 24.2. The van der Waals surface area contributed by atoms with Gasteiger partial charge in [0.1, 0.15) is 5.82 Å². The smallest absolute Gasteiger partial charge is 0.319 e. The fourth-order valence-corrected chi connectivity index (χ4v) is 4.15. The second-order valence-corrected chi connectivity index (χ2v) is 8.47. The van der Waals surface area contributed by atoms with Crippen molar-refractivity contribution in [3.63, 3.8) is 0 Å². The second-order valence-electron chi connectivity index (χ2n) is 8.47. The zero-order valence-corrected chi connectivity index (χ0v) is 19.3. The molecule has 1 atom stereocenters. The first-order chi connectivity index (χ1) is 14.9. The predicted molar refractivity (Wildman–Crippen MR) is 123 cm³/mol. The Hall–Kier alpha value is -2.43. The number of amides is 2. The molecule has 3 N–H and O–H groups in total. The predicted octanol–water partition coefficient (Wildman–Crippen LogP) is 2.81. The summed E-state index contributed by atoms with van der Waals surface area (Å²) in [6, 6.07) is 5.07. The molecule has 2 amide bonds. The van der Waals surface area contributed by atoms with E-state index in [2.05, 4.69) is 20.6 Å². The molecule has 10 heteroatoms. The summed E-state index contributed by atoms with van der Waals surface area (Å²) >= 11 is 0. The summed E-state index contributed by atoms with van der Waals surface area (Å²) in [4.78, 5) is 23.9. The summed E-state index contributed by atoms with van der Waals surface area (Å²) in [6.45, 7) is 5.30. The topological polar surface area (TPSA) is 99.6 Å². The number of nitrogens with zero attached hydrogens (tertiary/aromatic N) is 3. The minimum absolute atomic E-state index is 0. The number of hydrogen-bond donors (Lipinski definition) is 3. The minimum Gasteiger partial charge on any atom is -0.394 e. The van der Waals surface area contributed by atoms with Crippen molar-refractivity contribution in [1.82, 2.24) is 20.2 Å². The van der Waals surface area contributed by atoms with Crippen molar-refractivity contribution in [3.05, 3.63) is 53.1 Å². The molecule has 2 aromatic rings. The van der Waals surface area contributed by atoms with Crippen molar-refractivity contribution in [2.75, 3.05) is 25.1 Å². The number of benzene rings is 1. The summed E-state index contributed by atoms with van der Waals surface area (Å²) in [5.41, 5.74) is 1.55. The molecule has 174 valence electrons. The van der Waals surface area contributed by atoms with E-state index in [9.17, 15) is 14.3 Å². The molecule has 2 aliphatic rings. The highest BCUT2D eigenvalue weighted by Crippen LogP contribution is 2.38. The average Bonchev–Trinajstić information content (AvgIpc) is 3.02. The van der Waals surface area contributed by atoms with Crippen LogP contribution in [0.1, 0.15) is 49.6 Å². The average molecular weight is 464 g/mol. The molecule has 1 fully saturated rings. The van der Waals surface area contributed by atoms with Gasteiger partial charge in [-0.1, -0.05) is 12.1 Å². The van der Waals surface area contributed by atoms with Gasteiger partial charge < -0.3 is 25.4 Å². The maximum atomic E-state index is 13.6. The van der Waals surface area contributed by atoms with Gasteiger partial charge in [0.25, 0.3) is 0 Å². The van der Waals surface area contributed by atoms with E-state index < -0.39 is 17.4 Å². The highest BCUT2D eigenvalue weighted by Gasteiger charge is 2.42. The zero-order valence-electron chi connectivity index (χ0n) is 18.3. The highest BCUT2D eigenvalue weighted by atomic mass is 32.1. The molecular formula is C22H30FN5O3S. The Morgan fingerprint density at radius 1 is 1.38 bits per heavy atom. The quantitative estimate of drug-likeness (QED) is 0.631. The van der Waals surface area contributed by atoms with Crippen molar-refractivity contribution < 1.29 is 19.0 Å². The van der Waals surface area contributed by atoms with Gasteiger partial charge in [-0.15, -0.1) is 0 Å². The van der Waals surface area contributed by atoms with Crippen LogP contribution in [-0.2, 0) is 16.8 Å². The maximum Gasteiger partial charge on any atom is 0.319 e. The van der Waals surface area contributed by atoms with E-state index in [1.807, 2.05) is 13.8 Å². The number of carbonyl (C=O) groups excluding carboxylic acids is 1. The van der Waals surface area contributed by atoms with Gasteiger partial charge in [-0.05, 0) is 44.4 Å². The molecule has 0 unspecified atom stereocenters. The zero-order chi connectivity index (χ0) is 22.0. The Morgan fingerprint density at radius 3 is 2.81 bits per heavy atom. The minimum atomic E-state index is -0.709. The van der Waals surface area contributed by atoms with Crippen molar-refractivity contribution >= 4 is 25.5 Å². The number of fused-ring (bicyclic) bond motifs is 1. The van der Waals surface area contributed by atoms with E-state index in [4.69, 9.17) is 4.74 Å².